The summed E-state index contributed by atoms with van der Waals surface area (Å²) in [5.41, 5.74) is 13.3. The van der Waals surface area contributed by atoms with Crippen LogP contribution in [0.3, 0.4) is 0 Å². The van der Waals surface area contributed by atoms with E-state index in [9.17, 15) is 0 Å². The summed E-state index contributed by atoms with van der Waals surface area (Å²) in [6, 6.07) is 108. The summed E-state index contributed by atoms with van der Waals surface area (Å²) in [6.07, 6.45) is 0. The molecule has 0 atom stereocenters. The normalized spacial score (nSPS) is 11.8. The Kier molecular flexibility index (Phi) is 11.0. The molecule has 16 aromatic rings. The first-order valence-electron chi connectivity index (χ1n) is 27.3. The highest BCUT2D eigenvalue weighted by Crippen LogP contribution is 2.47. The van der Waals surface area contributed by atoms with Crippen molar-refractivity contribution >= 4 is 140 Å². The average molecular weight is 1050 g/mol. The van der Waals surface area contributed by atoms with Crippen LogP contribution >= 0.6 is 22.7 Å². The van der Waals surface area contributed by atoms with Crippen molar-refractivity contribution in [1.29, 1.82) is 0 Å². The molecular weight excluding hydrogens is 1000 g/mol. The zero-order chi connectivity index (χ0) is 52.7. The predicted octanol–water partition coefficient (Wildman–Crippen LogP) is 23.0. The molecule has 0 aliphatic rings. The van der Waals surface area contributed by atoms with Gasteiger partial charge in [-0.2, -0.15) is 0 Å². The minimum absolute atomic E-state index is 1.04. The Bertz CT molecular complexity index is 4650. The summed E-state index contributed by atoms with van der Waals surface area (Å²) in [6.45, 7) is 0. The van der Waals surface area contributed by atoms with Crippen molar-refractivity contribution in [2.75, 3.05) is 9.80 Å². The molecule has 2 aromatic heterocycles. The SMILES string of the molecule is c1ccc2cc(N(c3cc(-c4cc(-c5ccc6sc7ccccc7c6c5)cc(-c5ccc6sc7ccccc7c6c5)c4)cc(N(c4ccc5ccccc5c4)c4ccc5ccccc5c4)c3)c3ccc4ccccc4c3)ccc2c1. The molecule has 0 bridgehead atoms. The molecule has 80 heavy (non-hydrogen) atoms. The van der Waals surface area contributed by atoms with Gasteiger partial charge in [-0.15, -0.1) is 22.7 Å². The average Bonchev–Trinajstić information content (AvgIpc) is 4.16. The second-order valence-corrected chi connectivity index (χ2v) is 23.1. The van der Waals surface area contributed by atoms with Crippen LogP contribution in [0.1, 0.15) is 0 Å². The van der Waals surface area contributed by atoms with Crippen molar-refractivity contribution in [3.63, 3.8) is 0 Å². The Labute approximate surface area is 471 Å². The summed E-state index contributed by atoms with van der Waals surface area (Å²) < 4.78 is 5.20. The quantitative estimate of drug-likeness (QED) is 0.142. The predicted molar refractivity (Wildman–Crippen MR) is 348 cm³/mol. The summed E-state index contributed by atoms with van der Waals surface area (Å²) in [5.74, 6) is 0. The fourth-order valence-electron chi connectivity index (χ4n) is 12.1. The van der Waals surface area contributed by atoms with Gasteiger partial charge in [0, 0.05) is 74.5 Å². The van der Waals surface area contributed by atoms with E-state index in [0.717, 1.165) is 45.3 Å². The number of nitrogens with zero attached hydrogens (tertiary/aromatic N) is 2. The largest absolute Gasteiger partial charge is 0.310 e. The van der Waals surface area contributed by atoms with Crippen molar-refractivity contribution < 1.29 is 0 Å². The fourth-order valence-corrected chi connectivity index (χ4v) is 14.3. The molecule has 2 nitrogen and oxygen atoms in total. The van der Waals surface area contributed by atoms with E-state index in [-0.39, 0.29) is 0 Å². The molecule has 16 rings (SSSR count). The van der Waals surface area contributed by atoms with Gasteiger partial charge in [0.25, 0.3) is 0 Å². The Balaban J connectivity index is 0.987. The van der Waals surface area contributed by atoms with Gasteiger partial charge >= 0.3 is 0 Å². The molecule has 0 radical (unpaired) electrons. The van der Waals surface area contributed by atoms with Gasteiger partial charge in [0.1, 0.15) is 0 Å². The van der Waals surface area contributed by atoms with Crippen LogP contribution < -0.4 is 9.80 Å². The van der Waals surface area contributed by atoms with Crippen LogP contribution in [0.2, 0.25) is 0 Å². The van der Waals surface area contributed by atoms with Crippen LogP contribution in [0.4, 0.5) is 34.1 Å². The first-order valence-corrected chi connectivity index (χ1v) is 28.9. The van der Waals surface area contributed by atoms with Crippen LogP contribution in [-0.2, 0) is 0 Å². The van der Waals surface area contributed by atoms with Gasteiger partial charge in [-0.1, -0.05) is 170 Å². The minimum Gasteiger partial charge on any atom is -0.310 e. The number of thiophene rings is 2. The van der Waals surface area contributed by atoms with E-state index in [4.69, 9.17) is 0 Å². The number of fused-ring (bicyclic) bond motifs is 10. The zero-order valence-electron chi connectivity index (χ0n) is 43.4. The Morgan fingerprint density at radius 3 is 0.850 bits per heavy atom. The number of hydrogen-bond donors (Lipinski definition) is 0. The lowest BCUT2D eigenvalue weighted by molar-refractivity contribution is 1.26. The lowest BCUT2D eigenvalue weighted by atomic mass is 9.91. The van der Waals surface area contributed by atoms with Crippen LogP contribution in [0.15, 0.2) is 291 Å². The summed E-state index contributed by atoms with van der Waals surface area (Å²) in [4.78, 5) is 4.92. The zero-order valence-corrected chi connectivity index (χ0v) is 45.1. The molecular formula is C76H48N2S2. The summed E-state index contributed by atoms with van der Waals surface area (Å²) in [7, 11) is 0. The standard InChI is InChI=1S/C76H48N2S2/c1-5-17-53-40-63(31-25-49(53)13-1)77(64-32-26-50-14-2-6-18-54(50)41-64)67-44-62(45-68(48-67)78(65-33-27-51-15-3-7-19-55(51)42-65)66-34-28-52-16-4-8-20-56(52)43-66)61-38-59(57-29-35-75-71(46-57)69-21-9-11-23-73(69)79-75)37-60(39-61)58-30-36-76-72(47-58)70-22-10-12-24-74(70)80-76/h1-48H. The molecule has 374 valence electrons. The third-order valence-electron chi connectivity index (χ3n) is 16.1. The molecule has 0 N–H and O–H groups in total. The van der Waals surface area contributed by atoms with E-state index < -0.39 is 0 Å². The maximum Gasteiger partial charge on any atom is 0.0488 e. The van der Waals surface area contributed by atoms with Crippen LogP contribution in [-0.4, -0.2) is 0 Å². The highest BCUT2D eigenvalue weighted by atomic mass is 32.1. The van der Waals surface area contributed by atoms with Gasteiger partial charge in [0.2, 0.25) is 0 Å². The van der Waals surface area contributed by atoms with Crippen molar-refractivity contribution in [3.8, 4) is 33.4 Å². The number of rotatable bonds is 9. The second kappa shape index (κ2) is 19.0. The monoisotopic (exact) mass is 1050 g/mol. The second-order valence-electron chi connectivity index (χ2n) is 21.0. The minimum atomic E-state index is 1.04. The van der Waals surface area contributed by atoms with Gasteiger partial charge in [0.05, 0.1) is 0 Å². The summed E-state index contributed by atoms with van der Waals surface area (Å²) in [5, 5.41) is 14.7. The van der Waals surface area contributed by atoms with Gasteiger partial charge in [-0.25, -0.2) is 0 Å². The van der Waals surface area contributed by atoms with Crippen LogP contribution in [0.25, 0.3) is 117 Å². The van der Waals surface area contributed by atoms with Crippen LogP contribution in [0, 0.1) is 0 Å². The molecule has 0 spiro atoms. The third kappa shape index (κ3) is 8.16. The fraction of sp³-hybridized carbons (Fsp3) is 0. The first-order chi connectivity index (χ1) is 39.6. The van der Waals surface area contributed by atoms with E-state index in [1.165, 1.54) is 106 Å². The van der Waals surface area contributed by atoms with Crippen molar-refractivity contribution in [3.05, 3.63) is 291 Å². The van der Waals surface area contributed by atoms with E-state index in [0.29, 0.717) is 0 Å². The van der Waals surface area contributed by atoms with Gasteiger partial charge in [-0.05, 0) is 198 Å². The van der Waals surface area contributed by atoms with Crippen LogP contribution in [0.5, 0.6) is 0 Å². The van der Waals surface area contributed by atoms with Crippen molar-refractivity contribution in [2.45, 2.75) is 0 Å². The van der Waals surface area contributed by atoms with E-state index in [1.54, 1.807) is 0 Å². The molecule has 0 fully saturated rings. The molecule has 0 unspecified atom stereocenters. The van der Waals surface area contributed by atoms with Gasteiger partial charge in [-0.3, -0.25) is 0 Å². The Morgan fingerprint density at radius 1 is 0.175 bits per heavy atom. The number of benzene rings is 14. The Morgan fingerprint density at radius 2 is 0.475 bits per heavy atom. The molecule has 0 aliphatic carbocycles. The molecule has 4 heteroatoms. The topological polar surface area (TPSA) is 6.48 Å². The van der Waals surface area contributed by atoms with Crippen molar-refractivity contribution in [1.82, 2.24) is 0 Å². The molecule has 2 heterocycles. The van der Waals surface area contributed by atoms with Gasteiger partial charge < -0.3 is 9.80 Å². The first kappa shape index (κ1) is 46.3. The number of anilines is 6. The van der Waals surface area contributed by atoms with Crippen molar-refractivity contribution in [2.24, 2.45) is 0 Å². The lowest BCUT2D eigenvalue weighted by Crippen LogP contribution is -2.14. The highest BCUT2D eigenvalue weighted by Gasteiger charge is 2.22. The van der Waals surface area contributed by atoms with E-state index in [1.807, 2.05) is 22.7 Å². The number of hydrogen-bond acceptors (Lipinski definition) is 4. The lowest BCUT2D eigenvalue weighted by Gasteiger charge is -2.31. The molecule has 14 aromatic carbocycles. The Hall–Kier alpha value is -9.84. The third-order valence-corrected chi connectivity index (χ3v) is 18.4. The maximum absolute atomic E-state index is 2.46. The van der Waals surface area contributed by atoms with E-state index in [2.05, 4.69) is 301 Å². The summed E-state index contributed by atoms with van der Waals surface area (Å²) >= 11 is 3.73. The molecule has 0 aliphatic heterocycles. The maximum atomic E-state index is 2.46. The van der Waals surface area contributed by atoms with Gasteiger partial charge in [0.15, 0.2) is 0 Å². The molecule has 0 saturated carbocycles. The molecule has 0 saturated heterocycles. The smallest absolute Gasteiger partial charge is 0.0488 e. The highest BCUT2D eigenvalue weighted by molar-refractivity contribution is 7.26. The molecule has 0 amide bonds. The van der Waals surface area contributed by atoms with E-state index >= 15 is 0 Å².